The van der Waals surface area contributed by atoms with Crippen molar-refractivity contribution in [2.24, 2.45) is 0 Å². The molecule has 5 nitrogen and oxygen atoms in total. The summed E-state index contributed by atoms with van der Waals surface area (Å²) >= 11 is 0. The first-order valence-electron chi connectivity index (χ1n) is 5.62. The molecule has 1 fully saturated rings. The van der Waals surface area contributed by atoms with Crippen LogP contribution in [0.15, 0.2) is 12.5 Å². The van der Waals surface area contributed by atoms with E-state index in [4.69, 9.17) is 4.74 Å². The van der Waals surface area contributed by atoms with Gasteiger partial charge in [0.2, 0.25) is 5.91 Å². The molecule has 88 valence electrons. The number of aromatic nitrogens is 2. The van der Waals surface area contributed by atoms with Crippen LogP contribution in [0.3, 0.4) is 0 Å². The fourth-order valence-corrected chi connectivity index (χ4v) is 1.90. The van der Waals surface area contributed by atoms with E-state index in [9.17, 15) is 4.79 Å². The average Bonchev–Trinajstić information content (AvgIpc) is 2.79. The second kappa shape index (κ2) is 5.12. The lowest BCUT2D eigenvalue weighted by Crippen LogP contribution is -2.47. The third-order valence-electron chi connectivity index (χ3n) is 2.85. The van der Waals surface area contributed by atoms with E-state index < -0.39 is 0 Å². The van der Waals surface area contributed by atoms with Crippen molar-refractivity contribution in [2.45, 2.75) is 25.8 Å². The van der Waals surface area contributed by atoms with Crippen LogP contribution in [0.25, 0.3) is 0 Å². The number of H-pyrrole nitrogens is 1. The van der Waals surface area contributed by atoms with E-state index in [1.165, 1.54) is 0 Å². The molecule has 1 aromatic heterocycles. The van der Waals surface area contributed by atoms with Crippen molar-refractivity contribution in [2.75, 3.05) is 19.8 Å². The largest absolute Gasteiger partial charge is 0.377 e. The summed E-state index contributed by atoms with van der Waals surface area (Å²) < 4.78 is 5.30. The average molecular weight is 223 g/mol. The maximum atomic E-state index is 11.9. The quantitative estimate of drug-likeness (QED) is 0.816. The highest BCUT2D eigenvalue weighted by atomic mass is 16.5. The van der Waals surface area contributed by atoms with E-state index >= 15 is 0 Å². The monoisotopic (exact) mass is 223 g/mol. The lowest BCUT2D eigenvalue weighted by atomic mass is 10.2. The van der Waals surface area contributed by atoms with E-state index in [0.29, 0.717) is 26.2 Å². The summed E-state index contributed by atoms with van der Waals surface area (Å²) in [4.78, 5) is 20.8. The van der Waals surface area contributed by atoms with Gasteiger partial charge in [-0.3, -0.25) is 4.79 Å². The van der Waals surface area contributed by atoms with E-state index in [2.05, 4.69) is 9.97 Å². The maximum absolute atomic E-state index is 11.9. The highest BCUT2D eigenvalue weighted by Gasteiger charge is 2.23. The number of aryl methyl sites for hydroxylation is 1. The summed E-state index contributed by atoms with van der Waals surface area (Å²) in [5.74, 6) is 0.199. The molecule has 0 bridgehead atoms. The molecule has 2 heterocycles. The van der Waals surface area contributed by atoms with Crippen LogP contribution in [-0.2, 0) is 16.0 Å². The van der Waals surface area contributed by atoms with Crippen LogP contribution in [0.1, 0.15) is 19.0 Å². The Morgan fingerprint density at radius 2 is 2.62 bits per heavy atom. The van der Waals surface area contributed by atoms with Gasteiger partial charge in [0.1, 0.15) is 0 Å². The first-order chi connectivity index (χ1) is 7.77. The van der Waals surface area contributed by atoms with Gasteiger partial charge >= 0.3 is 0 Å². The van der Waals surface area contributed by atoms with Crippen molar-refractivity contribution in [1.29, 1.82) is 0 Å². The number of hydrogen-bond donors (Lipinski definition) is 1. The Morgan fingerprint density at radius 1 is 1.75 bits per heavy atom. The molecule has 0 radical (unpaired) electrons. The van der Waals surface area contributed by atoms with E-state index in [1.54, 1.807) is 12.5 Å². The molecule has 16 heavy (non-hydrogen) atoms. The van der Waals surface area contributed by atoms with E-state index in [1.807, 2.05) is 11.8 Å². The molecule has 1 amide bonds. The van der Waals surface area contributed by atoms with Crippen LogP contribution < -0.4 is 0 Å². The molecule has 2 rings (SSSR count). The molecular weight excluding hydrogens is 206 g/mol. The van der Waals surface area contributed by atoms with Gasteiger partial charge in [-0.25, -0.2) is 4.98 Å². The number of carbonyl (C=O) groups is 1. The van der Waals surface area contributed by atoms with E-state index in [-0.39, 0.29) is 11.9 Å². The van der Waals surface area contributed by atoms with Gasteiger partial charge in [0.25, 0.3) is 0 Å². The lowest BCUT2D eigenvalue weighted by molar-refractivity contribution is -0.139. The summed E-state index contributed by atoms with van der Waals surface area (Å²) in [6, 6.07) is 0.197. The zero-order valence-electron chi connectivity index (χ0n) is 9.48. The van der Waals surface area contributed by atoms with Crippen LogP contribution in [0.2, 0.25) is 0 Å². The second-order valence-corrected chi connectivity index (χ2v) is 4.09. The standard InChI is InChI=1S/C11H17N3O2/c1-9-7-16-5-4-14(9)11(15)3-2-10-6-12-8-13-10/h6,8-9H,2-5,7H2,1H3,(H,12,13)/t9-/m1/s1. The zero-order chi connectivity index (χ0) is 11.4. The molecule has 1 atom stereocenters. The number of nitrogens with one attached hydrogen (secondary N) is 1. The number of carbonyl (C=O) groups excluding carboxylic acids is 1. The SMILES string of the molecule is C[C@@H]1COCCN1C(=O)CCc1cnc[nH]1. The van der Waals surface area contributed by atoms with Crippen molar-refractivity contribution in [3.05, 3.63) is 18.2 Å². The molecule has 0 aromatic carbocycles. The van der Waals surface area contributed by atoms with Crippen LogP contribution in [-0.4, -0.2) is 46.6 Å². The maximum Gasteiger partial charge on any atom is 0.223 e. The summed E-state index contributed by atoms with van der Waals surface area (Å²) in [5, 5.41) is 0. The summed E-state index contributed by atoms with van der Waals surface area (Å²) in [5.41, 5.74) is 1.01. The predicted molar refractivity (Wildman–Crippen MR) is 58.9 cm³/mol. The molecule has 1 aromatic rings. The topological polar surface area (TPSA) is 58.2 Å². The van der Waals surface area contributed by atoms with Crippen molar-refractivity contribution < 1.29 is 9.53 Å². The van der Waals surface area contributed by atoms with Crippen molar-refractivity contribution in [1.82, 2.24) is 14.9 Å². The number of morpholine rings is 1. The van der Waals surface area contributed by atoms with Crippen LogP contribution in [0, 0.1) is 0 Å². The first kappa shape index (κ1) is 11.1. The Hall–Kier alpha value is -1.36. The van der Waals surface area contributed by atoms with Crippen LogP contribution >= 0.6 is 0 Å². The van der Waals surface area contributed by atoms with Gasteiger partial charge < -0.3 is 14.6 Å². The molecule has 0 spiro atoms. The lowest BCUT2D eigenvalue weighted by Gasteiger charge is -2.33. The molecular formula is C11H17N3O2. The molecule has 0 unspecified atom stereocenters. The first-order valence-corrected chi connectivity index (χ1v) is 5.62. The van der Waals surface area contributed by atoms with Gasteiger partial charge in [-0.05, 0) is 13.3 Å². The molecule has 1 aliphatic heterocycles. The minimum absolute atomic E-state index is 0.197. The van der Waals surface area contributed by atoms with Gasteiger partial charge in [-0.15, -0.1) is 0 Å². The molecule has 0 aliphatic carbocycles. The fraction of sp³-hybridized carbons (Fsp3) is 0.636. The molecule has 1 aliphatic rings. The smallest absolute Gasteiger partial charge is 0.223 e. The highest BCUT2D eigenvalue weighted by molar-refractivity contribution is 5.76. The minimum atomic E-state index is 0.197. The summed E-state index contributed by atoms with van der Waals surface area (Å²) in [6.45, 7) is 4.03. The molecule has 1 N–H and O–H groups in total. The number of imidazole rings is 1. The predicted octanol–water partition coefficient (Wildman–Crippen LogP) is 0.590. The van der Waals surface area contributed by atoms with Crippen molar-refractivity contribution >= 4 is 5.91 Å². The molecule has 1 saturated heterocycles. The number of hydrogen-bond acceptors (Lipinski definition) is 3. The van der Waals surface area contributed by atoms with Gasteiger partial charge in [-0.1, -0.05) is 0 Å². The second-order valence-electron chi connectivity index (χ2n) is 4.09. The Bertz CT molecular complexity index is 337. The summed E-state index contributed by atoms with van der Waals surface area (Å²) in [6.07, 6.45) is 4.66. The highest BCUT2D eigenvalue weighted by Crippen LogP contribution is 2.09. The van der Waals surface area contributed by atoms with Crippen LogP contribution in [0.4, 0.5) is 0 Å². The Balaban J connectivity index is 1.83. The van der Waals surface area contributed by atoms with Crippen molar-refractivity contribution in [3.8, 4) is 0 Å². The van der Waals surface area contributed by atoms with Gasteiger partial charge in [0.05, 0.1) is 25.6 Å². The van der Waals surface area contributed by atoms with E-state index in [0.717, 1.165) is 12.1 Å². The zero-order valence-corrected chi connectivity index (χ0v) is 9.48. The Morgan fingerprint density at radius 3 is 3.31 bits per heavy atom. The molecule has 0 saturated carbocycles. The van der Waals surface area contributed by atoms with Gasteiger partial charge in [-0.2, -0.15) is 0 Å². The number of amides is 1. The van der Waals surface area contributed by atoms with Crippen molar-refractivity contribution in [3.63, 3.8) is 0 Å². The third-order valence-corrected chi connectivity index (χ3v) is 2.85. The number of nitrogens with zero attached hydrogens (tertiary/aromatic N) is 2. The Kier molecular flexibility index (Phi) is 3.56. The fourth-order valence-electron chi connectivity index (χ4n) is 1.90. The molecule has 5 heteroatoms. The normalized spacial score (nSPS) is 21.1. The number of rotatable bonds is 3. The van der Waals surface area contributed by atoms with Gasteiger partial charge in [0.15, 0.2) is 0 Å². The third kappa shape index (κ3) is 2.61. The van der Waals surface area contributed by atoms with Gasteiger partial charge in [0, 0.05) is 24.9 Å². The number of ether oxygens (including phenoxy) is 1. The summed E-state index contributed by atoms with van der Waals surface area (Å²) in [7, 11) is 0. The van der Waals surface area contributed by atoms with Crippen LogP contribution in [0.5, 0.6) is 0 Å². The minimum Gasteiger partial charge on any atom is -0.377 e. The Labute approximate surface area is 94.8 Å². The number of aromatic amines is 1.